The summed E-state index contributed by atoms with van der Waals surface area (Å²) in [7, 11) is 0. The van der Waals surface area contributed by atoms with Crippen LogP contribution in [0.1, 0.15) is 40.2 Å². The summed E-state index contributed by atoms with van der Waals surface area (Å²) in [6, 6.07) is 82.8. The van der Waals surface area contributed by atoms with E-state index in [1.165, 1.54) is 60.5 Å². The molecule has 2 aromatic heterocycles. The lowest BCUT2D eigenvalue weighted by atomic mass is 9.67. The minimum Gasteiger partial charge on any atom is -0.454 e. The molecule has 0 radical (unpaired) electrons. The standard InChI is InChI=1S/C65H44N2O/c1-4-17-43(18-5-1)44-31-35-49(36-32-44)66(61-30-16-27-54-63-51-24-11-10-19-45(51)33-40-62(63)68-64(54)61)50-37-39-60-56(42-50)55-41-47(34-38-59(55)67(60)48-22-8-3-9-23-48)65(46-20-6-2-7-21-46)57-28-14-12-25-52(57)53-26-13-15-29-58(53)65/h1-17,19-43H,18H2. The SMILES string of the molecule is C1=CCC(c2ccc(N(c3ccc4c(c3)c3cc(C5(c6ccccc6)c6ccccc6-c6ccccc65)ccc3n4-c3ccccc3)c3cccc4c3oc3ccc5ccccc5c34)cc2)C=C1. The largest absolute Gasteiger partial charge is 0.454 e. The number of nitrogens with zero attached hydrogens (tertiary/aromatic N) is 2. The van der Waals surface area contributed by atoms with Crippen LogP contribution in [0.5, 0.6) is 0 Å². The fourth-order valence-electron chi connectivity index (χ4n) is 11.8. The van der Waals surface area contributed by atoms with Gasteiger partial charge in [-0.3, -0.25) is 0 Å². The summed E-state index contributed by atoms with van der Waals surface area (Å²) >= 11 is 0. The third-order valence-corrected chi connectivity index (χ3v) is 14.8. The Morgan fingerprint density at radius 3 is 1.91 bits per heavy atom. The van der Waals surface area contributed by atoms with E-state index in [0.29, 0.717) is 5.92 Å². The van der Waals surface area contributed by atoms with Crippen LogP contribution >= 0.6 is 0 Å². The number of furan rings is 1. The first kappa shape index (κ1) is 38.6. The zero-order chi connectivity index (χ0) is 44.8. The van der Waals surface area contributed by atoms with Crippen molar-refractivity contribution in [3.63, 3.8) is 0 Å². The average Bonchev–Trinajstić information content (AvgIpc) is 4.06. The highest BCUT2D eigenvalue weighted by Gasteiger charge is 2.46. The molecule has 0 amide bonds. The van der Waals surface area contributed by atoms with Crippen molar-refractivity contribution in [1.29, 1.82) is 0 Å². The second-order valence-electron chi connectivity index (χ2n) is 18.3. The van der Waals surface area contributed by atoms with Crippen molar-refractivity contribution in [2.75, 3.05) is 4.90 Å². The number of allylic oxidation sites excluding steroid dienone is 4. The first-order valence-corrected chi connectivity index (χ1v) is 23.7. The quantitative estimate of drug-likeness (QED) is 0.159. The van der Waals surface area contributed by atoms with Crippen molar-refractivity contribution >= 4 is 71.6 Å². The fraction of sp³-hybridized carbons (Fsp3) is 0.0462. The number of hydrogen-bond acceptors (Lipinski definition) is 2. The van der Waals surface area contributed by atoms with E-state index in [1.807, 2.05) is 0 Å². The minimum absolute atomic E-state index is 0.349. The molecule has 14 rings (SSSR count). The second kappa shape index (κ2) is 15.2. The Morgan fingerprint density at radius 1 is 0.485 bits per heavy atom. The van der Waals surface area contributed by atoms with Crippen molar-refractivity contribution < 1.29 is 4.42 Å². The monoisotopic (exact) mass is 868 g/mol. The lowest BCUT2D eigenvalue weighted by Gasteiger charge is -2.34. The summed E-state index contributed by atoms with van der Waals surface area (Å²) in [4.78, 5) is 2.40. The summed E-state index contributed by atoms with van der Waals surface area (Å²) in [5, 5.41) is 7.01. The molecule has 0 saturated carbocycles. The Bertz CT molecular complexity index is 3960. The van der Waals surface area contributed by atoms with E-state index in [-0.39, 0.29) is 0 Å². The molecule has 0 bridgehead atoms. The number of para-hydroxylation sites is 2. The number of rotatable bonds is 7. The predicted octanol–water partition coefficient (Wildman–Crippen LogP) is 17.3. The van der Waals surface area contributed by atoms with E-state index in [1.54, 1.807) is 0 Å². The Morgan fingerprint density at radius 2 is 1.15 bits per heavy atom. The highest BCUT2D eigenvalue weighted by atomic mass is 16.3. The molecule has 2 aliphatic carbocycles. The molecule has 1 unspecified atom stereocenters. The van der Waals surface area contributed by atoms with Crippen LogP contribution in [-0.2, 0) is 5.41 Å². The summed E-state index contributed by atoms with van der Waals surface area (Å²) < 4.78 is 9.41. The number of hydrogen-bond donors (Lipinski definition) is 0. The lowest BCUT2D eigenvalue weighted by molar-refractivity contribution is 0.669. The molecular formula is C65H44N2O. The first-order chi connectivity index (χ1) is 33.7. The van der Waals surface area contributed by atoms with Gasteiger partial charge in [-0.05, 0) is 123 Å². The van der Waals surface area contributed by atoms with Gasteiger partial charge in [0.15, 0.2) is 5.58 Å². The molecule has 3 nitrogen and oxygen atoms in total. The van der Waals surface area contributed by atoms with Gasteiger partial charge >= 0.3 is 0 Å². The average molecular weight is 869 g/mol. The van der Waals surface area contributed by atoms with Crippen molar-refractivity contribution in [1.82, 2.24) is 4.57 Å². The highest BCUT2D eigenvalue weighted by Crippen LogP contribution is 2.57. The maximum absolute atomic E-state index is 6.97. The number of benzene rings is 10. The zero-order valence-corrected chi connectivity index (χ0v) is 37.3. The molecule has 1 atom stereocenters. The third kappa shape index (κ3) is 5.66. The van der Waals surface area contributed by atoms with Gasteiger partial charge in [-0.2, -0.15) is 0 Å². The van der Waals surface area contributed by atoms with Gasteiger partial charge in [-0.1, -0.05) is 182 Å². The minimum atomic E-state index is -0.528. The van der Waals surface area contributed by atoms with Gasteiger partial charge in [-0.25, -0.2) is 0 Å². The van der Waals surface area contributed by atoms with Crippen LogP contribution in [0.4, 0.5) is 17.1 Å². The maximum Gasteiger partial charge on any atom is 0.159 e. The molecule has 0 fully saturated rings. The molecule has 12 aromatic rings. The Kier molecular flexibility index (Phi) is 8.63. The fourth-order valence-corrected chi connectivity index (χ4v) is 11.8. The van der Waals surface area contributed by atoms with Gasteiger partial charge in [0, 0.05) is 44.5 Å². The maximum atomic E-state index is 6.97. The molecule has 2 aliphatic rings. The van der Waals surface area contributed by atoms with Crippen molar-refractivity contribution in [2.24, 2.45) is 0 Å². The molecule has 320 valence electrons. The molecule has 0 aliphatic heterocycles. The second-order valence-corrected chi connectivity index (χ2v) is 18.3. The normalized spacial score (nSPS) is 14.9. The third-order valence-electron chi connectivity index (χ3n) is 14.8. The molecule has 0 N–H and O–H groups in total. The van der Waals surface area contributed by atoms with Gasteiger partial charge in [0.05, 0.1) is 22.1 Å². The first-order valence-electron chi connectivity index (χ1n) is 23.7. The van der Waals surface area contributed by atoms with E-state index in [9.17, 15) is 0 Å². The topological polar surface area (TPSA) is 21.3 Å². The number of anilines is 3. The molecular weight excluding hydrogens is 825 g/mol. The van der Waals surface area contributed by atoms with Crippen molar-refractivity contribution in [3.05, 3.63) is 277 Å². The summed E-state index contributed by atoms with van der Waals surface area (Å²) in [6.45, 7) is 0. The van der Waals surface area contributed by atoms with Crippen LogP contribution in [0, 0.1) is 0 Å². The van der Waals surface area contributed by atoms with Crippen LogP contribution in [0.15, 0.2) is 253 Å². The Hall–Kier alpha value is -8.66. The highest BCUT2D eigenvalue weighted by molar-refractivity contribution is 6.21. The molecule has 10 aromatic carbocycles. The van der Waals surface area contributed by atoms with Crippen LogP contribution in [0.25, 0.3) is 71.3 Å². The summed E-state index contributed by atoms with van der Waals surface area (Å²) in [6.07, 6.45) is 9.87. The van der Waals surface area contributed by atoms with Crippen molar-refractivity contribution in [3.8, 4) is 16.8 Å². The van der Waals surface area contributed by atoms with E-state index in [0.717, 1.165) is 62.1 Å². The molecule has 0 saturated heterocycles. The van der Waals surface area contributed by atoms with Gasteiger partial charge < -0.3 is 13.9 Å². The summed E-state index contributed by atoms with van der Waals surface area (Å²) in [5.41, 5.74) is 16.7. The van der Waals surface area contributed by atoms with Gasteiger partial charge in [0.1, 0.15) is 5.58 Å². The zero-order valence-electron chi connectivity index (χ0n) is 37.3. The van der Waals surface area contributed by atoms with Crippen LogP contribution in [-0.4, -0.2) is 4.57 Å². The van der Waals surface area contributed by atoms with Crippen LogP contribution in [0.2, 0.25) is 0 Å². The molecule has 0 spiro atoms. The molecule has 68 heavy (non-hydrogen) atoms. The predicted molar refractivity (Wildman–Crippen MR) is 283 cm³/mol. The Balaban J connectivity index is 1.04. The van der Waals surface area contributed by atoms with Gasteiger partial charge in [0.2, 0.25) is 0 Å². The molecule has 2 heterocycles. The molecule has 3 heteroatoms. The number of fused-ring (bicyclic) bond motifs is 11. The van der Waals surface area contributed by atoms with Gasteiger partial charge in [0.25, 0.3) is 0 Å². The van der Waals surface area contributed by atoms with Crippen LogP contribution in [0.3, 0.4) is 0 Å². The van der Waals surface area contributed by atoms with E-state index < -0.39 is 5.41 Å². The van der Waals surface area contributed by atoms with Crippen molar-refractivity contribution in [2.45, 2.75) is 17.8 Å². The lowest BCUT2D eigenvalue weighted by Crippen LogP contribution is -2.28. The van der Waals surface area contributed by atoms with Gasteiger partial charge in [-0.15, -0.1) is 0 Å². The Labute approximate surface area is 394 Å². The van der Waals surface area contributed by atoms with E-state index in [2.05, 4.69) is 258 Å². The van der Waals surface area contributed by atoms with E-state index in [4.69, 9.17) is 4.42 Å². The van der Waals surface area contributed by atoms with Crippen LogP contribution < -0.4 is 4.90 Å². The number of aromatic nitrogens is 1. The smallest absolute Gasteiger partial charge is 0.159 e. The van der Waals surface area contributed by atoms with E-state index >= 15 is 0 Å². The summed E-state index contributed by atoms with van der Waals surface area (Å²) in [5.74, 6) is 0.349.